The first-order valence-electron chi connectivity index (χ1n) is 7.69. The van der Waals surface area contributed by atoms with Crippen molar-refractivity contribution in [2.24, 2.45) is 0 Å². The standard InChI is InChI=1S/C17H20BrN3O3/c1-11-15(10-16(23)20-8-4-7-19-12(2)22)21-17(24-11)13-5-3-6-14(18)9-13/h3,5-6,9H,4,7-8,10H2,1-2H3,(H,19,22)(H,20,23). The normalized spacial score (nSPS) is 10.5. The minimum atomic E-state index is -0.116. The van der Waals surface area contributed by atoms with Gasteiger partial charge in [0.05, 0.1) is 12.1 Å². The van der Waals surface area contributed by atoms with Crippen molar-refractivity contribution in [1.29, 1.82) is 0 Å². The Hall–Kier alpha value is -2.15. The lowest BCUT2D eigenvalue weighted by Gasteiger charge is -2.04. The summed E-state index contributed by atoms with van der Waals surface area (Å²) in [6, 6.07) is 7.65. The molecule has 0 radical (unpaired) electrons. The van der Waals surface area contributed by atoms with Crippen LogP contribution in [0.1, 0.15) is 24.8 Å². The molecule has 1 heterocycles. The number of rotatable bonds is 7. The summed E-state index contributed by atoms with van der Waals surface area (Å²) in [7, 11) is 0. The number of halogens is 1. The van der Waals surface area contributed by atoms with Crippen LogP contribution in [0.3, 0.4) is 0 Å². The summed E-state index contributed by atoms with van der Waals surface area (Å²) in [6.07, 6.45) is 0.857. The highest BCUT2D eigenvalue weighted by atomic mass is 79.9. The van der Waals surface area contributed by atoms with Gasteiger partial charge in [-0.3, -0.25) is 9.59 Å². The third-order valence-corrected chi connectivity index (χ3v) is 3.84. The molecule has 24 heavy (non-hydrogen) atoms. The van der Waals surface area contributed by atoms with Gasteiger partial charge in [0.15, 0.2) is 0 Å². The van der Waals surface area contributed by atoms with Gasteiger partial charge in [-0.25, -0.2) is 4.98 Å². The molecule has 6 nitrogen and oxygen atoms in total. The quantitative estimate of drug-likeness (QED) is 0.708. The highest BCUT2D eigenvalue weighted by Gasteiger charge is 2.14. The molecule has 0 aliphatic heterocycles. The topological polar surface area (TPSA) is 84.2 Å². The van der Waals surface area contributed by atoms with Gasteiger partial charge >= 0.3 is 0 Å². The highest BCUT2D eigenvalue weighted by Crippen LogP contribution is 2.24. The lowest BCUT2D eigenvalue weighted by atomic mass is 10.2. The fourth-order valence-electron chi connectivity index (χ4n) is 2.13. The first-order valence-corrected chi connectivity index (χ1v) is 8.48. The Balaban J connectivity index is 1.89. The fraction of sp³-hybridized carbons (Fsp3) is 0.353. The van der Waals surface area contributed by atoms with Crippen molar-refractivity contribution >= 4 is 27.7 Å². The Morgan fingerprint density at radius 3 is 2.71 bits per heavy atom. The van der Waals surface area contributed by atoms with E-state index < -0.39 is 0 Å². The van der Waals surface area contributed by atoms with E-state index in [0.717, 1.165) is 10.0 Å². The zero-order valence-electron chi connectivity index (χ0n) is 13.7. The number of carbonyl (C=O) groups is 2. The van der Waals surface area contributed by atoms with Crippen LogP contribution in [0.25, 0.3) is 11.5 Å². The van der Waals surface area contributed by atoms with E-state index >= 15 is 0 Å². The van der Waals surface area contributed by atoms with Crippen LogP contribution >= 0.6 is 15.9 Å². The van der Waals surface area contributed by atoms with Gasteiger partial charge in [0.2, 0.25) is 17.7 Å². The second-order valence-electron chi connectivity index (χ2n) is 5.40. The first kappa shape index (κ1) is 18.2. The number of nitrogens with zero attached hydrogens (tertiary/aromatic N) is 1. The van der Waals surface area contributed by atoms with Crippen molar-refractivity contribution in [2.75, 3.05) is 13.1 Å². The van der Waals surface area contributed by atoms with Gasteiger partial charge < -0.3 is 15.1 Å². The van der Waals surface area contributed by atoms with Crippen molar-refractivity contribution in [2.45, 2.75) is 26.7 Å². The Bertz CT molecular complexity index is 728. The number of carbonyl (C=O) groups excluding carboxylic acids is 2. The third-order valence-electron chi connectivity index (χ3n) is 3.34. The predicted octanol–water partition coefficient (Wildman–Crippen LogP) is 2.60. The average Bonchev–Trinajstić information content (AvgIpc) is 2.87. The van der Waals surface area contributed by atoms with E-state index in [0.29, 0.717) is 36.9 Å². The van der Waals surface area contributed by atoms with Crippen LogP contribution in [-0.4, -0.2) is 29.9 Å². The van der Waals surface area contributed by atoms with Crippen molar-refractivity contribution in [3.05, 3.63) is 40.2 Å². The summed E-state index contributed by atoms with van der Waals surface area (Å²) < 4.78 is 6.61. The Morgan fingerprint density at radius 2 is 2.00 bits per heavy atom. The average molecular weight is 394 g/mol. The number of hydrogen-bond donors (Lipinski definition) is 2. The maximum Gasteiger partial charge on any atom is 0.226 e. The third kappa shape index (κ3) is 5.49. The fourth-order valence-corrected chi connectivity index (χ4v) is 2.53. The van der Waals surface area contributed by atoms with Gasteiger partial charge in [0.25, 0.3) is 0 Å². The molecule has 0 saturated heterocycles. The van der Waals surface area contributed by atoms with E-state index in [1.165, 1.54) is 6.92 Å². The predicted molar refractivity (Wildman–Crippen MR) is 94.4 cm³/mol. The van der Waals surface area contributed by atoms with Crippen LogP contribution in [0.2, 0.25) is 0 Å². The van der Waals surface area contributed by atoms with Gasteiger partial charge in [-0.2, -0.15) is 0 Å². The molecule has 2 rings (SSSR count). The lowest BCUT2D eigenvalue weighted by Crippen LogP contribution is -2.29. The molecule has 0 spiro atoms. The van der Waals surface area contributed by atoms with Crippen LogP contribution in [0.4, 0.5) is 0 Å². The number of hydrogen-bond acceptors (Lipinski definition) is 4. The molecule has 0 bridgehead atoms. The largest absolute Gasteiger partial charge is 0.441 e. The van der Waals surface area contributed by atoms with Gasteiger partial charge in [0.1, 0.15) is 5.76 Å². The Morgan fingerprint density at radius 1 is 1.25 bits per heavy atom. The molecule has 0 fully saturated rings. The van der Waals surface area contributed by atoms with Crippen molar-refractivity contribution in [1.82, 2.24) is 15.6 Å². The minimum absolute atomic E-state index is 0.0698. The van der Waals surface area contributed by atoms with Gasteiger partial charge in [0, 0.05) is 30.0 Å². The summed E-state index contributed by atoms with van der Waals surface area (Å²) in [4.78, 5) is 27.1. The van der Waals surface area contributed by atoms with E-state index in [1.54, 1.807) is 6.92 Å². The number of amides is 2. The van der Waals surface area contributed by atoms with Crippen molar-refractivity contribution in [3.8, 4) is 11.5 Å². The molecule has 0 atom stereocenters. The Labute approximate surface area is 149 Å². The molecule has 0 saturated carbocycles. The molecule has 2 N–H and O–H groups in total. The lowest BCUT2D eigenvalue weighted by molar-refractivity contribution is -0.120. The van der Waals surface area contributed by atoms with Gasteiger partial charge in [-0.1, -0.05) is 22.0 Å². The smallest absolute Gasteiger partial charge is 0.226 e. The summed E-state index contributed by atoms with van der Waals surface area (Å²) >= 11 is 3.42. The molecule has 2 amide bonds. The molecule has 0 unspecified atom stereocenters. The number of oxazole rings is 1. The monoisotopic (exact) mass is 393 g/mol. The van der Waals surface area contributed by atoms with Crippen LogP contribution in [0.15, 0.2) is 33.2 Å². The van der Waals surface area contributed by atoms with Gasteiger partial charge in [-0.05, 0) is 31.5 Å². The first-order chi connectivity index (χ1) is 11.5. The highest BCUT2D eigenvalue weighted by molar-refractivity contribution is 9.10. The van der Waals surface area contributed by atoms with Crippen LogP contribution in [-0.2, 0) is 16.0 Å². The number of benzene rings is 1. The molecular formula is C17H20BrN3O3. The molecular weight excluding hydrogens is 374 g/mol. The van der Waals surface area contributed by atoms with Crippen LogP contribution in [0, 0.1) is 6.92 Å². The second kappa shape index (κ2) is 8.63. The second-order valence-corrected chi connectivity index (χ2v) is 6.31. The number of aromatic nitrogens is 1. The summed E-state index contributed by atoms with van der Waals surface area (Å²) in [6.45, 7) is 4.32. The summed E-state index contributed by atoms with van der Waals surface area (Å²) in [5, 5.41) is 5.49. The molecule has 128 valence electrons. The van der Waals surface area contributed by atoms with Gasteiger partial charge in [-0.15, -0.1) is 0 Å². The van der Waals surface area contributed by atoms with E-state index in [1.807, 2.05) is 24.3 Å². The van der Waals surface area contributed by atoms with E-state index in [-0.39, 0.29) is 18.2 Å². The number of nitrogens with one attached hydrogen (secondary N) is 2. The Kier molecular flexibility index (Phi) is 6.54. The SMILES string of the molecule is CC(=O)NCCCNC(=O)Cc1nc(-c2cccc(Br)c2)oc1C. The summed E-state index contributed by atoms with van der Waals surface area (Å²) in [5.74, 6) is 0.954. The van der Waals surface area contributed by atoms with E-state index in [9.17, 15) is 9.59 Å². The van der Waals surface area contributed by atoms with Crippen molar-refractivity contribution in [3.63, 3.8) is 0 Å². The molecule has 1 aromatic heterocycles. The zero-order chi connectivity index (χ0) is 17.5. The van der Waals surface area contributed by atoms with Crippen LogP contribution < -0.4 is 10.6 Å². The maximum atomic E-state index is 12.0. The van der Waals surface area contributed by atoms with E-state index in [4.69, 9.17) is 4.42 Å². The molecule has 7 heteroatoms. The molecule has 2 aromatic rings. The zero-order valence-corrected chi connectivity index (χ0v) is 15.3. The molecule has 0 aliphatic carbocycles. The molecule has 0 aliphatic rings. The molecule has 1 aromatic carbocycles. The van der Waals surface area contributed by atoms with E-state index in [2.05, 4.69) is 31.5 Å². The summed E-state index contributed by atoms with van der Waals surface area (Å²) in [5.41, 5.74) is 1.48. The maximum absolute atomic E-state index is 12.0. The van der Waals surface area contributed by atoms with Crippen molar-refractivity contribution < 1.29 is 14.0 Å². The minimum Gasteiger partial charge on any atom is -0.441 e. The number of aryl methyl sites for hydroxylation is 1. The van der Waals surface area contributed by atoms with Crippen LogP contribution in [0.5, 0.6) is 0 Å².